The number of aromatic carboxylic acids is 1. The van der Waals surface area contributed by atoms with E-state index >= 15 is 0 Å². The molecule has 1 aliphatic rings. The highest BCUT2D eigenvalue weighted by Gasteiger charge is 2.28. The number of benzene rings is 4. The van der Waals surface area contributed by atoms with Crippen molar-refractivity contribution in [3.63, 3.8) is 0 Å². The standard InChI is InChI=1S/C21H24N4O3.C19H18N4O3.C17H15N3O4.C16H13N3O4/c1-13(2)18(12-26)23-21(27)15-8-10-17-19(20(15)28-3)16(24-25-17)9-7-14-6-4-5-11-22-14;1-26-18-13(19(25)21-12-5-6-12)8-10-15-17(18)14(22-23-15)9-7-11-3-2-4-16(24)20-11;1-23-16-11(17(22)24-2)7-9-13-15(16)12(19-20-13)8-6-10-4-3-5-14(21)18-10;1-23-15-10(16(21)22)6-8-12-14(15)11(18-19-12)7-5-9-3-2-4-13(20)17-9/h4-11,13,18,26H,12H2,1-3H3,(H,23,27)(H,24,25);2-4,7-10,12H,5-6H2,1H3,(H,20,24)(H,21,25)(H,22,23);3-9H,1-2H3,(H,18,21)(H,19,20);2-8H,1H3,(H,17,20)(H,18,19)(H,21,22)/b2*9-7+;8-6+;7-5+. The highest BCUT2D eigenvalue weighted by Crippen LogP contribution is 2.37. The maximum atomic E-state index is 12.8. The van der Waals surface area contributed by atoms with E-state index in [4.69, 9.17) is 23.7 Å². The highest BCUT2D eigenvalue weighted by atomic mass is 16.5. The van der Waals surface area contributed by atoms with Gasteiger partial charge in [-0.25, -0.2) is 9.59 Å². The molecule has 0 aliphatic heterocycles. The van der Waals surface area contributed by atoms with Crippen molar-refractivity contribution in [2.75, 3.05) is 42.2 Å². The number of aliphatic hydroxyl groups is 1. The van der Waals surface area contributed by atoms with Gasteiger partial charge in [0, 0.05) is 47.5 Å². The van der Waals surface area contributed by atoms with Crippen molar-refractivity contribution in [1.82, 2.24) is 71.4 Å². The van der Waals surface area contributed by atoms with Gasteiger partial charge < -0.3 is 59.5 Å². The molecule has 28 heteroatoms. The van der Waals surface area contributed by atoms with Crippen LogP contribution in [0.15, 0.2) is 142 Å². The Kier molecular flexibility index (Phi) is 22.8. The number of carboxylic acids is 1. The van der Waals surface area contributed by atoms with Gasteiger partial charge in [0.15, 0.2) is 0 Å². The minimum Gasteiger partial charge on any atom is -0.495 e. The van der Waals surface area contributed by atoms with Crippen LogP contribution in [0.5, 0.6) is 23.0 Å². The number of aliphatic hydroxyl groups excluding tert-OH is 1. The number of ether oxygens (including phenoxy) is 5. The summed E-state index contributed by atoms with van der Waals surface area (Å²) in [7, 11) is 7.27. The molecular weight excluding hydrogens is 1300 g/mol. The van der Waals surface area contributed by atoms with Crippen LogP contribution in [-0.2, 0) is 4.74 Å². The number of carbonyl (C=O) groups is 4. The number of aromatic nitrogens is 12. The Balaban J connectivity index is 0.000000146. The quantitative estimate of drug-likeness (QED) is 0.0316. The van der Waals surface area contributed by atoms with Crippen LogP contribution in [0.2, 0.25) is 0 Å². The molecule has 11 N–H and O–H groups in total. The third-order valence-electron chi connectivity index (χ3n) is 15.7. The second-order valence-electron chi connectivity index (χ2n) is 22.8. The Bertz CT molecular complexity index is 5300. The number of rotatable bonds is 20. The topological polar surface area (TPSA) is 405 Å². The van der Waals surface area contributed by atoms with Gasteiger partial charge in [-0.05, 0) is 146 Å². The van der Waals surface area contributed by atoms with Crippen molar-refractivity contribution in [2.24, 2.45) is 5.92 Å². The predicted molar refractivity (Wildman–Crippen MR) is 384 cm³/mol. The van der Waals surface area contributed by atoms with E-state index in [1.807, 2.05) is 44.2 Å². The smallest absolute Gasteiger partial charge is 0.341 e. The van der Waals surface area contributed by atoms with E-state index in [0.717, 1.165) is 29.6 Å². The second kappa shape index (κ2) is 32.7. The highest BCUT2D eigenvalue weighted by molar-refractivity contribution is 6.08. The molecule has 12 aromatic rings. The lowest BCUT2D eigenvalue weighted by molar-refractivity contribution is 0.0596. The number of pyridine rings is 4. The number of esters is 1. The molecular formula is C73H70N14O14. The lowest BCUT2D eigenvalue weighted by Gasteiger charge is -2.20. The van der Waals surface area contributed by atoms with Gasteiger partial charge in [-0.15, -0.1) is 0 Å². The number of fused-ring (bicyclic) bond motifs is 4. The van der Waals surface area contributed by atoms with Gasteiger partial charge in [-0.1, -0.05) is 38.1 Å². The molecule has 8 heterocycles. The number of carbonyl (C=O) groups excluding carboxylic acids is 3. The minimum atomic E-state index is -1.08. The molecule has 516 valence electrons. The average molecular weight is 1370 g/mol. The van der Waals surface area contributed by atoms with E-state index in [9.17, 15) is 43.8 Å². The van der Waals surface area contributed by atoms with Gasteiger partial charge in [-0.2, -0.15) is 20.4 Å². The summed E-state index contributed by atoms with van der Waals surface area (Å²) in [6, 6.07) is 33.6. The van der Waals surface area contributed by atoms with Crippen LogP contribution in [0.3, 0.4) is 0 Å². The number of methoxy groups -OCH3 is 5. The largest absolute Gasteiger partial charge is 0.495 e. The maximum Gasteiger partial charge on any atom is 0.341 e. The Hall–Kier alpha value is -13.2. The summed E-state index contributed by atoms with van der Waals surface area (Å²) in [6.07, 6.45) is 17.9. The van der Waals surface area contributed by atoms with Gasteiger partial charge >= 0.3 is 11.9 Å². The summed E-state index contributed by atoms with van der Waals surface area (Å²) in [5, 5.41) is 55.8. The van der Waals surface area contributed by atoms with Crippen molar-refractivity contribution in [2.45, 2.75) is 38.8 Å². The first kappa shape index (κ1) is 70.6. The molecule has 28 nitrogen and oxygen atoms in total. The lowest BCUT2D eigenvalue weighted by Crippen LogP contribution is -2.41. The predicted octanol–water partition coefficient (Wildman–Crippen LogP) is 9.55. The third kappa shape index (κ3) is 17.0. The first-order chi connectivity index (χ1) is 48.9. The van der Waals surface area contributed by atoms with Crippen molar-refractivity contribution in [3.05, 3.63) is 226 Å². The fourth-order valence-electron chi connectivity index (χ4n) is 10.5. The van der Waals surface area contributed by atoms with Gasteiger partial charge in [0.2, 0.25) is 16.7 Å². The Labute approximate surface area is 574 Å². The molecule has 4 aromatic carbocycles. The number of amides is 2. The van der Waals surface area contributed by atoms with Crippen molar-refractivity contribution < 1.29 is 53.1 Å². The molecule has 1 saturated carbocycles. The summed E-state index contributed by atoms with van der Waals surface area (Å²) < 4.78 is 26.5. The zero-order chi connectivity index (χ0) is 71.7. The number of aromatic amines is 7. The maximum absolute atomic E-state index is 12.8. The lowest BCUT2D eigenvalue weighted by atomic mass is 10.0. The number of H-pyrrole nitrogens is 7. The molecule has 0 saturated heterocycles. The Morgan fingerprint density at radius 3 is 1.23 bits per heavy atom. The third-order valence-corrected chi connectivity index (χ3v) is 15.7. The van der Waals surface area contributed by atoms with E-state index in [-0.39, 0.29) is 64.4 Å². The normalized spacial score (nSPS) is 12.3. The van der Waals surface area contributed by atoms with Crippen LogP contribution in [-0.4, -0.2) is 149 Å². The molecule has 0 spiro atoms. The Morgan fingerprint density at radius 2 is 0.871 bits per heavy atom. The molecule has 1 unspecified atom stereocenters. The number of hydrogen-bond acceptors (Lipinski definition) is 18. The SMILES string of the molecule is COC(=O)c1ccc2n[nH]c(/C=C/c3cccc(=O)[nH]3)c2c1OC.COc1c(C(=O)NC(CO)C(C)C)ccc2n[nH]c(/C=C/c3ccccn3)c12.COc1c(C(=O)NC2CC2)ccc2n[nH]c(/C=C/c3cccc(=O)[nH]3)c12.COc1c(C(=O)O)ccc2n[nH]c(/C=C/c3cccc(=O)[nH]3)c12. The summed E-state index contributed by atoms with van der Waals surface area (Å²) in [5.41, 5.74) is 8.73. The molecule has 2 amide bonds. The van der Waals surface area contributed by atoms with E-state index in [1.165, 1.54) is 59.8 Å². The Morgan fingerprint density at radius 1 is 0.485 bits per heavy atom. The minimum absolute atomic E-state index is 0.0594. The zero-order valence-electron chi connectivity index (χ0n) is 55.6. The molecule has 8 aromatic heterocycles. The zero-order valence-corrected chi connectivity index (χ0v) is 55.6. The van der Waals surface area contributed by atoms with Gasteiger partial charge in [-0.3, -0.25) is 49.4 Å². The molecule has 1 aliphatic carbocycles. The summed E-state index contributed by atoms with van der Waals surface area (Å²) >= 11 is 0. The van der Waals surface area contributed by atoms with Crippen LogP contribution >= 0.6 is 0 Å². The first-order valence-electron chi connectivity index (χ1n) is 31.4. The van der Waals surface area contributed by atoms with Gasteiger partial charge in [0.05, 0.1) is 131 Å². The summed E-state index contributed by atoms with van der Waals surface area (Å²) in [5.74, 6) is -0.360. The first-order valence-corrected chi connectivity index (χ1v) is 31.4. The van der Waals surface area contributed by atoms with Crippen LogP contribution in [0.1, 0.15) is 114 Å². The van der Waals surface area contributed by atoms with E-state index in [2.05, 4.69) is 71.4 Å². The van der Waals surface area contributed by atoms with Gasteiger partial charge in [0.1, 0.15) is 34.1 Å². The second-order valence-corrected chi connectivity index (χ2v) is 22.8. The van der Waals surface area contributed by atoms with Crippen LogP contribution in [0.25, 0.3) is 92.2 Å². The van der Waals surface area contributed by atoms with E-state index in [1.54, 1.807) is 122 Å². The number of nitrogens with one attached hydrogen (secondary N) is 9. The van der Waals surface area contributed by atoms with Crippen LogP contribution < -0.4 is 46.3 Å². The van der Waals surface area contributed by atoms with Crippen molar-refractivity contribution >= 4 is 116 Å². The number of carboxylic acid groups (broad SMARTS) is 1. The molecule has 1 fully saturated rings. The van der Waals surface area contributed by atoms with E-state index in [0.29, 0.717) is 106 Å². The summed E-state index contributed by atoms with van der Waals surface area (Å²) in [4.78, 5) is 94.9. The van der Waals surface area contributed by atoms with Gasteiger partial charge in [0.25, 0.3) is 11.8 Å². The molecule has 101 heavy (non-hydrogen) atoms. The molecule has 1 atom stereocenters. The van der Waals surface area contributed by atoms with Crippen LogP contribution in [0, 0.1) is 5.92 Å². The molecule has 13 rings (SSSR count). The number of nitrogens with zero attached hydrogens (tertiary/aromatic N) is 5. The van der Waals surface area contributed by atoms with Crippen molar-refractivity contribution in [3.8, 4) is 23.0 Å². The molecule has 0 bridgehead atoms. The molecule has 0 radical (unpaired) electrons. The fraction of sp³-hybridized carbons (Fsp3) is 0.178. The monoisotopic (exact) mass is 1370 g/mol. The fourth-order valence-corrected chi connectivity index (χ4v) is 10.5. The van der Waals surface area contributed by atoms with Crippen molar-refractivity contribution in [1.29, 1.82) is 0 Å². The van der Waals surface area contributed by atoms with Crippen LogP contribution in [0.4, 0.5) is 0 Å². The average Bonchev–Trinajstić information content (AvgIpc) is 1.72. The van der Waals surface area contributed by atoms with E-state index < -0.39 is 11.9 Å². The summed E-state index contributed by atoms with van der Waals surface area (Å²) in [6.45, 7) is 3.76. The number of hydrogen-bond donors (Lipinski definition) is 11.